The molecule has 0 aromatic carbocycles. The maximum absolute atomic E-state index is 12.7. The third-order valence-electron chi connectivity index (χ3n) is 4.24. The minimum Gasteiger partial charge on any atom is -0.300 e. The second-order valence-corrected chi connectivity index (χ2v) is 10.7. The minimum absolute atomic E-state index is 0.0258. The first-order valence-electron chi connectivity index (χ1n) is 8.58. The van der Waals surface area contributed by atoms with Crippen LogP contribution in [0.25, 0.3) is 0 Å². The van der Waals surface area contributed by atoms with Crippen molar-refractivity contribution < 1.29 is 18.0 Å². The molecule has 0 N–H and O–H groups in total. The lowest BCUT2D eigenvalue weighted by Gasteiger charge is -2.29. The molecule has 0 heterocycles. The molecular weight excluding hydrogens is 350 g/mol. The summed E-state index contributed by atoms with van der Waals surface area (Å²) in [6.45, 7) is 17.9. The molecule has 0 unspecified atom stereocenters. The molecule has 26 heavy (non-hydrogen) atoms. The minimum atomic E-state index is -3.63. The molecule has 0 saturated carbocycles. The summed E-state index contributed by atoms with van der Waals surface area (Å²) in [5.41, 5.74) is -0.474. The molecule has 0 fully saturated rings. The third kappa shape index (κ3) is 6.65. The molecule has 0 saturated heterocycles. The Morgan fingerprint density at radius 3 is 2.08 bits per heavy atom. The molecule has 0 aliphatic rings. The summed E-state index contributed by atoms with van der Waals surface area (Å²) in [5, 5.41) is 1.11. The molecule has 0 bridgehead atoms. The highest BCUT2D eigenvalue weighted by Gasteiger charge is 2.35. The van der Waals surface area contributed by atoms with Crippen LogP contribution in [0.5, 0.6) is 0 Å². The molecular formula is C20H33NO4S. The average molecular weight is 384 g/mol. The predicted molar refractivity (Wildman–Crippen MR) is 108 cm³/mol. The Labute approximate surface area is 158 Å². The maximum Gasteiger partial charge on any atom is 0.177 e. The summed E-state index contributed by atoms with van der Waals surface area (Å²) in [4.78, 5) is 25.5. The fourth-order valence-corrected chi connectivity index (χ4v) is 3.69. The van der Waals surface area contributed by atoms with Gasteiger partial charge in [0.1, 0.15) is 0 Å². The van der Waals surface area contributed by atoms with E-state index in [1.807, 2.05) is 0 Å². The van der Waals surface area contributed by atoms with Crippen LogP contribution in [0.15, 0.2) is 36.3 Å². The zero-order chi connectivity index (χ0) is 20.9. The Morgan fingerprint density at radius 2 is 1.65 bits per heavy atom. The molecule has 0 aliphatic carbocycles. The Hall–Kier alpha value is -1.53. The number of sulfone groups is 1. The standard InChI is InChI=1S/C20H33NO4S/c1-10-17(22)19(5,6)11-12-26(24,25)20(7,8)14-21(9)13-16(4)18(23)15(2)3/h10-12,15H,1,4,13-14H2,2-3,5-9H3/b12-11-. The lowest BCUT2D eigenvalue weighted by Crippen LogP contribution is -2.43. The number of likely N-dealkylation sites (N-methyl/N-ethyl adjacent to an activating group) is 1. The topological polar surface area (TPSA) is 71.5 Å². The summed E-state index contributed by atoms with van der Waals surface area (Å²) in [5.74, 6) is -0.412. The quantitative estimate of drug-likeness (QED) is 0.512. The van der Waals surface area contributed by atoms with Gasteiger partial charge in [0.2, 0.25) is 0 Å². The van der Waals surface area contributed by atoms with Crippen LogP contribution in [0.4, 0.5) is 0 Å². The molecule has 0 atom stereocenters. The van der Waals surface area contributed by atoms with Gasteiger partial charge in [-0.05, 0) is 40.8 Å². The van der Waals surface area contributed by atoms with Gasteiger partial charge in [0.05, 0.1) is 4.75 Å². The monoisotopic (exact) mass is 383 g/mol. The van der Waals surface area contributed by atoms with Gasteiger partial charge in [-0.2, -0.15) is 0 Å². The Bertz CT molecular complexity index is 697. The number of Topliss-reactive ketones (excluding diaryl/α,β-unsaturated/α-hetero) is 1. The van der Waals surface area contributed by atoms with Crippen LogP contribution in [0.2, 0.25) is 0 Å². The largest absolute Gasteiger partial charge is 0.300 e. The number of carbonyl (C=O) groups excluding carboxylic acids is 2. The number of carbonyl (C=O) groups is 2. The van der Waals surface area contributed by atoms with Crippen LogP contribution >= 0.6 is 0 Å². The van der Waals surface area contributed by atoms with Crippen molar-refractivity contribution in [2.24, 2.45) is 11.3 Å². The fourth-order valence-electron chi connectivity index (χ4n) is 2.40. The van der Waals surface area contributed by atoms with Crippen LogP contribution in [-0.4, -0.2) is 49.8 Å². The number of allylic oxidation sites excluding steroid dienone is 2. The summed E-state index contributed by atoms with van der Waals surface area (Å²) in [7, 11) is -1.87. The number of hydrogen-bond donors (Lipinski definition) is 0. The van der Waals surface area contributed by atoms with E-state index in [4.69, 9.17) is 0 Å². The van der Waals surface area contributed by atoms with E-state index in [9.17, 15) is 18.0 Å². The summed E-state index contributed by atoms with van der Waals surface area (Å²) in [6.07, 6.45) is 2.59. The van der Waals surface area contributed by atoms with E-state index in [1.54, 1.807) is 53.5 Å². The van der Waals surface area contributed by atoms with Crippen LogP contribution in [0, 0.1) is 11.3 Å². The molecule has 0 spiro atoms. The lowest BCUT2D eigenvalue weighted by atomic mass is 9.88. The van der Waals surface area contributed by atoms with Crippen molar-refractivity contribution in [3.63, 3.8) is 0 Å². The van der Waals surface area contributed by atoms with E-state index in [0.717, 1.165) is 5.41 Å². The van der Waals surface area contributed by atoms with Crippen molar-refractivity contribution in [2.75, 3.05) is 20.1 Å². The predicted octanol–water partition coefficient (Wildman–Crippen LogP) is 3.19. The molecule has 0 rings (SSSR count). The third-order valence-corrected chi connectivity index (χ3v) is 6.40. The molecule has 0 aliphatic heterocycles. The number of hydrogen-bond acceptors (Lipinski definition) is 5. The van der Waals surface area contributed by atoms with E-state index in [-0.39, 0.29) is 24.0 Å². The van der Waals surface area contributed by atoms with Crippen molar-refractivity contribution in [3.8, 4) is 0 Å². The fraction of sp³-hybridized carbons (Fsp3) is 0.600. The number of ketones is 2. The molecule has 5 nitrogen and oxygen atoms in total. The van der Waals surface area contributed by atoms with Gasteiger partial charge in [-0.15, -0.1) is 0 Å². The Balaban J connectivity index is 5.24. The summed E-state index contributed by atoms with van der Waals surface area (Å²) >= 11 is 0. The molecule has 0 amide bonds. The van der Waals surface area contributed by atoms with Crippen molar-refractivity contribution in [2.45, 2.75) is 46.3 Å². The van der Waals surface area contributed by atoms with Gasteiger partial charge < -0.3 is 4.90 Å². The SMILES string of the molecule is C=CC(=O)C(C)(C)/C=C\S(=O)(=O)C(C)(C)CN(C)CC(=C)C(=O)C(C)C. The first-order valence-corrected chi connectivity index (χ1v) is 10.1. The van der Waals surface area contributed by atoms with E-state index >= 15 is 0 Å². The first-order chi connectivity index (χ1) is 11.6. The Morgan fingerprint density at radius 1 is 1.15 bits per heavy atom. The van der Waals surface area contributed by atoms with E-state index in [2.05, 4.69) is 13.2 Å². The highest BCUT2D eigenvalue weighted by atomic mass is 32.2. The van der Waals surface area contributed by atoms with E-state index < -0.39 is 20.0 Å². The Kier molecular flexibility index (Phi) is 8.39. The van der Waals surface area contributed by atoms with Gasteiger partial charge in [-0.1, -0.05) is 33.1 Å². The number of nitrogens with zero attached hydrogens (tertiary/aromatic N) is 1. The second kappa shape index (κ2) is 8.91. The molecule has 0 aromatic rings. The second-order valence-electron chi connectivity index (χ2n) is 8.19. The van der Waals surface area contributed by atoms with Crippen LogP contribution in [0.3, 0.4) is 0 Å². The highest BCUT2D eigenvalue weighted by Crippen LogP contribution is 2.25. The summed E-state index contributed by atoms with van der Waals surface area (Å²) < 4.78 is 24.4. The molecule has 0 aromatic heterocycles. The zero-order valence-corrected chi connectivity index (χ0v) is 17.9. The lowest BCUT2D eigenvalue weighted by molar-refractivity contribution is -0.120. The van der Waals surface area contributed by atoms with Crippen LogP contribution in [-0.2, 0) is 19.4 Å². The molecule has 148 valence electrons. The van der Waals surface area contributed by atoms with Crippen molar-refractivity contribution in [3.05, 3.63) is 36.3 Å². The maximum atomic E-state index is 12.7. The van der Waals surface area contributed by atoms with E-state index in [1.165, 1.54) is 12.2 Å². The molecule has 0 radical (unpaired) electrons. The van der Waals surface area contributed by atoms with Gasteiger partial charge in [0.25, 0.3) is 0 Å². The van der Waals surface area contributed by atoms with Crippen molar-refractivity contribution >= 4 is 21.4 Å². The zero-order valence-electron chi connectivity index (χ0n) is 17.1. The highest BCUT2D eigenvalue weighted by molar-refractivity contribution is 7.95. The normalized spacial score (nSPS) is 13.4. The van der Waals surface area contributed by atoms with Gasteiger partial charge in [-0.25, -0.2) is 8.42 Å². The summed E-state index contributed by atoms with van der Waals surface area (Å²) in [6, 6.07) is 0. The smallest absolute Gasteiger partial charge is 0.177 e. The van der Waals surface area contributed by atoms with Gasteiger partial charge in [-0.3, -0.25) is 9.59 Å². The average Bonchev–Trinajstić information content (AvgIpc) is 2.50. The van der Waals surface area contributed by atoms with Gasteiger partial charge in [0, 0.05) is 35.4 Å². The van der Waals surface area contributed by atoms with Crippen molar-refractivity contribution in [1.29, 1.82) is 0 Å². The van der Waals surface area contributed by atoms with Crippen LogP contribution in [0.1, 0.15) is 41.5 Å². The van der Waals surface area contributed by atoms with Gasteiger partial charge in [0.15, 0.2) is 21.4 Å². The van der Waals surface area contributed by atoms with Gasteiger partial charge >= 0.3 is 0 Å². The first kappa shape index (κ1) is 24.5. The molecule has 6 heteroatoms. The van der Waals surface area contributed by atoms with E-state index in [0.29, 0.717) is 12.1 Å². The van der Waals surface area contributed by atoms with Crippen LogP contribution < -0.4 is 0 Å². The van der Waals surface area contributed by atoms with Crippen molar-refractivity contribution in [1.82, 2.24) is 4.90 Å². The number of rotatable bonds is 11.